The maximum absolute atomic E-state index is 11.5. The lowest BCUT2D eigenvalue weighted by Crippen LogP contribution is -2.31. The number of benzene rings is 1. The third-order valence-electron chi connectivity index (χ3n) is 3.24. The minimum absolute atomic E-state index is 0.0687. The Morgan fingerprint density at radius 2 is 2.15 bits per heavy atom. The van der Waals surface area contributed by atoms with Crippen LogP contribution >= 0.6 is 0 Å². The number of hydrogen-bond donors (Lipinski definition) is 0. The van der Waals surface area contributed by atoms with Gasteiger partial charge in [-0.2, -0.15) is 0 Å². The quantitative estimate of drug-likeness (QED) is 0.598. The highest BCUT2D eigenvalue weighted by atomic mass is 16.3. The normalized spacial score (nSPS) is 18.6. The molecule has 1 aromatic rings. The van der Waals surface area contributed by atoms with Crippen molar-refractivity contribution in [3.63, 3.8) is 0 Å². The van der Waals surface area contributed by atoms with E-state index >= 15 is 0 Å². The highest BCUT2D eigenvalue weighted by Crippen LogP contribution is 2.20. The lowest BCUT2D eigenvalue weighted by Gasteiger charge is -2.11. The summed E-state index contributed by atoms with van der Waals surface area (Å²) in [6.07, 6.45) is 4.32. The second kappa shape index (κ2) is 5.92. The molecule has 0 N–H and O–H groups in total. The molecule has 0 aromatic heterocycles. The van der Waals surface area contributed by atoms with Crippen molar-refractivity contribution in [2.45, 2.75) is 45.6 Å². The first-order valence-electron chi connectivity index (χ1n) is 6.99. The summed E-state index contributed by atoms with van der Waals surface area (Å²) in [7, 11) is 0. The summed E-state index contributed by atoms with van der Waals surface area (Å²) in [6, 6.07) is 7.95. The van der Waals surface area contributed by atoms with E-state index in [1.165, 1.54) is 0 Å². The number of rotatable bonds is 2. The summed E-state index contributed by atoms with van der Waals surface area (Å²) in [6.45, 7) is 6.15. The zero-order chi connectivity index (χ0) is 14.6. The maximum Gasteiger partial charge on any atom is 0.205 e. The molecule has 104 valence electrons. The van der Waals surface area contributed by atoms with E-state index in [0.717, 1.165) is 24.0 Å². The van der Waals surface area contributed by atoms with Crippen molar-refractivity contribution in [1.82, 2.24) is 0 Å². The fourth-order valence-corrected chi connectivity index (χ4v) is 2.08. The smallest absolute Gasteiger partial charge is 0.205 e. The van der Waals surface area contributed by atoms with Gasteiger partial charge in [-0.05, 0) is 23.7 Å². The van der Waals surface area contributed by atoms with E-state index in [0.29, 0.717) is 6.42 Å². The van der Waals surface area contributed by atoms with Gasteiger partial charge >= 0.3 is 0 Å². The van der Waals surface area contributed by atoms with E-state index < -0.39 is 0 Å². The molecule has 1 aliphatic heterocycles. The standard InChI is InChI=1S/C17H20N2O/c1-4-5-6-9-14-10-7-8-11-15(14)13-19-17(2,3)12-16(20)18-19/h7-8,10-11,13H,4-5,12H2,1-3H3/b19-13-. The second-order valence-electron chi connectivity index (χ2n) is 5.60. The molecule has 3 heteroatoms. The highest BCUT2D eigenvalue weighted by molar-refractivity contribution is 5.81. The van der Waals surface area contributed by atoms with Crippen molar-refractivity contribution in [3.05, 3.63) is 35.4 Å². The lowest BCUT2D eigenvalue weighted by atomic mass is 10.0. The molecule has 0 saturated carbocycles. The predicted octanol–water partition coefficient (Wildman–Crippen LogP) is 2.13. The minimum atomic E-state index is -0.263. The first-order valence-corrected chi connectivity index (χ1v) is 6.99. The summed E-state index contributed by atoms with van der Waals surface area (Å²) in [5.74, 6) is 6.28. The van der Waals surface area contributed by atoms with E-state index in [1.807, 2.05) is 44.3 Å². The molecular weight excluding hydrogens is 248 g/mol. The van der Waals surface area contributed by atoms with Crippen LogP contribution in [0.25, 0.3) is 0 Å². The fraction of sp³-hybridized carbons (Fsp3) is 0.412. The summed E-state index contributed by atoms with van der Waals surface area (Å²) in [5, 5.41) is 15.6. The fourth-order valence-electron chi connectivity index (χ4n) is 2.08. The van der Waals surface area contributed by atoms with E-state index in [-0.39, 0.29) is 11.4 Å². The van der Waals surface area contributed by atoms with E-state index in [1.54, 1.807) is 4.68 Å². The van der Waals surface area contributed by atoms with Crippen molar-refractivity contribution >= 4 is 12.1 Å². The molecule has 0 bridgehead atoms. The van der Waals surface area contributed by atoms with Crippen molar-refractivity contribution in [2.75, 3.05) is 0 Å². The average molecular weight is 268 g/mol. The van der Waals surface area contributed by atoms with Crippen LogP contribution < -0.4 is 5.11 Å². The van der Waals surface area contributed by atoms with E-state index in [4.69, 9.17) is 0 Å². The van der Waals surface area contributed by atoms with Crippen LogP contribution in [0.5, 0.6) is 0 Å². The van der Waals surface area contributed by atoms with Gasteiger partial charge in [-0.1, -0.05) is 35.6 Å². The molecule has 3 nitrogen and oxygen atoms in total. The lowest BCUT2D eigenvalue weighted by molar-refractivity contribution is -0.591. The first-order chi connectivity index (χ1) is 9.53. The number of unbranched alkanes of at least 4 members (excludes halogenated alkanes) is 1. The topological polar surface area (TPSA) is 38.4 Å². The summed E-state index contributed by atoms with van der Waals surface area (Å²) in [4.78, 5) is 0. The van der Waals surface area contributed by atoms with Crippen molar-refractivity contribution in [2.24, 2.45) is 5.10 Å². The molecule has 0 radical (unpaired) electrons. The van der Waals surface area contributed by atoms with Gasteiger partial charge in [0, 0.05) is 38.2 Å². The number of nitrogens with zero attached hydrogens (tertiary/aromatic N) is 2. The monoisotopic (exact) mass is 268 g/mol. The second-order valence-corrected chi connectivity index (χ2v) is 5.60. The summed E-state index contributed by atoms with van der Waals surface area (Å²) < 4.78 is 1.76. The average Bonchev–Trinajstić information content (AvgIpc) is 2.64. The van der Waals surface area contributed by atoms with Gasteiger partial charge in [0.1, 0.15) is 0 Å². The number of hydrazone groups is 1. The van der Waals surface area contributed by atoms with Gasteiger partial charge in [-0.25, -0.2) is 0 Å². The van der Waals surface area contributed by atoms with Crippen molar-refractivity contribution in [3.8, 4) is 11.8 Å². The molecule has 0 spiro atoms. The number of hydrogen-bond acceptors (Lipinski definition) is 2. The molecule has 1 heterocycles. The molecular formula is C17H20N2O. The summed E-state index contributed by atoms with van der Waals surface area (Å²) >= 11 is 0. The van der Waals surface area contributed by atoms with Gasteiger partial charge in [-0.15, -0.1) is 0 Å². The zero-order valence-electron chi connectivity index (χ0n) is 12.3. The molecule has 20 heavy (non-hydrogen) atoms. The van der Waals surface area contributed by atoms with E-state index in [2.05, 4.69) is 23.9 Å². The maximum atomic E-state index is 11.5. The molecule has 0 atom stereocenters. The Hall–Kier alpha value is -2.08. The third-order valence-corrected chi connectivity index (χ3v) is 3.24. The van der Waals surface area contributed by atoms with Crippen LogP contribution in [0.15, 0.2) is 29.4 Å². The van der Waals surface area contributed by atoms with Crippen molar-refractivity contribution < 1.29 is 9.79 Å². The molecule has 1 aliphatic rings. The zero-order valence-corrected chi connectivity index (χ0v) is 12.3. The van der Waals surface area contributed by atoms with Gasteiger partial charge in [0.2, 0.25) is 6.21 Å². The Bertz CT molecular complexity index is 615. The van der Waals surface area contributed by atoms with Gasteiger partial charge < -0.3 is 5.11 Å². The van der Waals surface area contributed by atoms with Gasteiger partial charge in [0.15, 0.2) is 5.54 Å². The molecule has 0 aliphatic carbocycles. The minimum Gasteiger partial charge on any atom is -0.857 e. The molecule has 0 unspecified atom stereocenters. The third kappa shape index (κ3) is 3.27. The van der Waals surface area contributed by atoms with Crippen LogP contribution in [0.1, 0.15) is 51.2 Å². The van der Waals surface area contributed by atoms with Crippen LogP contribution in [0.4, 0.5) is 0 Å². The summed E-state index contributed by atoms with van der Waals surface area (Å²) in [5.41, 5.74) is 1.72. The van der Waals surface area contributed by atoms with Crippen LogP contribution in [-0.4, -0.2) is 22.3 Å². The Morgan fingerprint density at radius 1 is 1.40 bits per heavy atom. The molecule has 0 amide bonds. The highest BCUT2D eigenvalue weighted by Gasteiger charge is 2.36. The van der Waals surface area contributed by atoms with E-state index in [9.17, 15) is 5.11 Å². The van der Waals surface area contributed by atoms with Crippen LogP contribution in [0.2, 0.25) is 0 Å². The molecule has 0 saturated heterocycles. The Balaban J connectivity index is 2.37. The Kier molecular flexibility index (Phi) is 4.24. The van der Waals surface area contributed by atoms with Crippen molar-refractivity contribution in [1.29, 1.82) is 0 Å². The molecule has 2 rings (SSSR count). The van der Waals surface area contributed by atoms with Crippen LogP contribution in [0.3, 0.4) is 0 Å². The van der Waals surface area contributed by atoms with Crippen LogP contribution in [-0.2, 0) is 0 Å². The van der Waals surface area contributed by atoms with Gasteiger partial charge in [0.25, 0.3) is 0 Å². The molecule has 0 fully saturated rings. The SMILES string of the molecule is CCCC#Cc1ccccc1/C=[N+]1\N=C([O-])CC1(C)C. The first kappa shape index (κ1) is 14.3. The Labute approximate surface area is 120 Å². The Morgan fingerprint density at radius 3 is 2.80 bits per heavy atom. The largest absolute Gasteiger partial charge is 0.857 e. The van der Waals surface area contributed by atoms with Crippen LogP contribution in [0, 0.1) is 11.8 Å². The predicted molar refractivity (Wildman–Crippen MR) is 79.8 cm³/mol. The molecule has 1 aromatic carbocycles. The van der Waals surface area contributed by atoms with Gasteiger partial charge in [-0.3, -0.25) is 0 Å². The van der Waals surface area contributed by atoms with Gasteiger partial charge in [0.05, 0.1) is 5.56 Å².